The summed E-state index contributed by atoms with van der Waals surface area (Å²) in [6.45, 7) is 4.86. The lowest BCUT2D eigenvalue weighted by molar-refractivity contribution is -0.117. The third-order valence-corrected chi connectivity index (χ3v) is 4.00. The van der Waals surface area contributed by atoms with E-state index in [4.69, 9.17) is 4.74 Å². The fraction of sp³-hybridized carbons (Fsp3) is 0.636. The molecule has 0 aliphatic rings. The lowest BCUT2D eigenvalue weighted by atomic mass is 10.4. The van der Waals surface area contributed by atoms with E-state index in [1.807, 2.05) is 13.8 Å². The van der Waals surface area contributed by atoms with Crippen molar-refractivity contribution in [2.45, 2.75) is 24.2 Å². The molecule has 8 nitrogen and oxygen atoms in total. The van der Waals surface area contributed by atoms with Crippen molar-refractivity contribution in [1.29, 1.82) is 0 Å². The number of urea groups is 1. The van der Waals surface area contributed by atoms with Crippen molar-refractivity contribution < 1.29 is 14.3 Å². The Morgan fingerprint density at radius 3 is 2.81 bits per heavy atom. The number of nitrogens with one attached hydrogen (secondary N) is 3. The second-order valence-electron chi connectivity index (χ2n) is 4.26. The molecular weight excluding hydrogens is 314 g/mol. The first-order chi connectivity index (χ1) is 10.0. The van der Waals surface area contributed by atoms with Gasteiger partial charge < -0.3 is 15.4 Å². The third kappa shape index (κ3) is 7.83. The maximum Gasteiger partial charge on any atom is 0.321 e. The van der Waals surface area contributed by atoms with Crippen molar-refractivity contribution in [2.75, 3.05) is 31.3 Å². The van der Waals surface area contributed by atoms with E-state index >= 15 is 0 Å². The monoisotopic (exact) mass is 333 g/mol. The number of hydrogen-bond donors (Lipinski definition) is 3. The second-order valence-corrected chi connectivity index (χ2v) is 6.46. The number of rotatable bonds is 8. The summed E-state index contributed by atoms with van der Waals surface area (Å²) in [5.74, 6) is -0.264. The largest absolute Gasteiger partial charge is 0.383 e. The molecule has 0 atom stereocenters. The molecular formula is C11H19N5O3S2. The first-order valence-electron chi connectivity index (χ1n) is 6.30. The highest BCUT2D eigenvalue weighted by molar-refractivity contribution is 8.01. The summed E-state index contributed by atoms with van der Waals surface area (Å²) in [6.07, 6.45) is 0. The van der Waals surface area contributed by atoms with Gasteiger partial charge in [0.25, 0.3) is 0 Å². The van der Waals surface area contributed by atoms with Crippen LogP contribution in [0.25, 0.3) is 0 Å². The number of nitrogens with zero attached hydrogens (tertiary/aromatic N) is 2. The Hall–Kier alpha value is -1.39. The topological polar surface area (TPSA) is 105 Å². The number of anilines is 1. The van der Waals surface area contributed by atoms with E-state index in [1.165, 1.54) is 23.1 Å². The molecule has 0 unspecified atom stereocenters. The highest BCUT2D eigenvalue weighted by atomic mass is 32.2. The summed E-state index contributed by atoms with van der Waals surface area (Å²) >= 11 is 2.58. The van der Waals surface area contributed by atoms with Crippen LogP contribution in [0.1, 0.15) is 13.8 Å². The summed E-state index contributed by atoms with van der Waals surface area (Å²) in [6, 6.07) is -0.510. The van der Waals surface area contributed by atoms with Crippen molar-refractivity contribution in [3.8, 4) is 0 Å². The molecule has 0 fully saturated rings. The van der Waals surface area contributed by atoms with E-state index in [1.54, 1.807) is 7.11 Å². The van der Waals surface area contributed by atoms with Crippen LogP contribution in [-0.4, -0.2) is 54.2 Å². The Morgan fingerprint density at radius 1 is 1.38 bits per heavy atom. The van der Waals surface area contributed by atoms with Gasteiger partial charge in [0.15, 0.2) is 4.34 Å². The molecule has 1 rings (SSSR count). The normalized spacial score (nSPS) is 10.5. The molecule has 0 bridgehead atoms. The molecule has 0 spiro atoms. The second kappa shape index (κ2) is 9.53. The highest BCUT2D eigenvalue weighted by Crippen LogP contribution is 2.24. The molecule has 0 aliphatic carbocycles. The molecule has 10 heteroatoms. The number of methoxy groups -OCH3 is 1. The van der Waals surface area contributed by atoms with E-state index < -0.39 is 6.03 Å². The molecule has 0 saturated heterocycles. The predicted octanol–water partition coefficient (Wildman–Crippen LogP) is 0.923. The van der Waals surface area contributed by atoms with E-state index in [2.05, 4.69) is 26.1 Å². The molecule has 1 aromatic rings. The van der Waals surface area contributed by atoms with Crippen LogP contribution in [0.3, 0.4) is 0 Å². The predicted molar refractivity (Wildman–Crippen MR) is 82.8 cm³/mol. The fourth-order valence-corrected chi connectivity index (χ4v) is 2.77. The van der Waals surface area contributed by atoms with Gasteiger partial charge in [-0.3, -0.25) is 10.1 Å². The summed E-state index contributed by atoms with van der Waals surface area (Å²) < 4.78 is 5.57. The Balaban J connectivity index is 2.28. The van der Waals surface area contributed by atoms with Gasteiger partial charge in [-0.15, -0.1) is 10.2 Å². The molecule has 118 valence electrons. The van der Waals surface area contributed by atoms with Gasteiger partial charge in [0.1, 0.15) is 0 Å². The molecule has 3 N–H and O–H groups in total. The van der Waals surface area contributed by atoms with Crippen molar-refractivity contribution >= 4 is 40.2 Å². The average Bonchev–Trinajstić information content (AvgIpc) is 2.83. The first-order valence-corrected chi connectivity index (χ1v) is 8.11. The van der Waals surface area contributed by atoms with E-state index in [0.29, 0.717) is 22.6 Å². The zero-order chi connectivity index (χ0) is 15.7. The quantitative estimate of drug-likeness (QED) is 0.480. The minimum atomic E-state index is -0.491. The van der Waals surface area contributed by atoms with E-state index in [0.717, 1.165) is 0 Å². The Labute approximate surface area is 131 Å². The van der Waals surface area contributed by atoms with Crippen LogP contribution in [0.5, 0.6) is 0 Å². The van der Waals surface area contributed by atoms with Crippen LogP contribution >= 0.6 is 23.1 Å². The third-order valence-electron chi connectivity index (χ3n) is 1.99. The molecule has 0 saturated carbocycles. The minimum absolute atomic E-state index is 0.0191. The van der Waals surface area contributed by atoms with E-state index in [-0.39, 0.29) is 17.7 Å². The number of carbonyl (C=O) groups excluding carboxylic acids is 2. The molecule has 0 aromatic carbocycles. The zero-order valence-electron chi connectivity index (χ0n) is 12.1. The van der Waals surface area contributed by atoms with Gasteiger partial charge in [0.05, 0.1) is 12.4 Å². The standard InChI is InChI=1S/C11H19N5O3S2/c1-7(2)13-9(18)14-8(17)6-20-11-16-15-10(21-11)12-4-5-19-3/h7H,4-6H2,1-3H3,(H,12,15)(H2,13,14,17,18). The SMILES string of the molecule is COCCNc1nnc(SCC(=O)NC(=O)NC(C)C)s1. The number of amides is 3. The van der Waals surface area contributed by atoms with Crippen LogP contribution < -0.4 is 16.0 Å². The molecule has 21 heavy (non-hydrogen) atoms. The van der Waals surface area contributed by atoms with Gasteiger partial charge in [-0.2, -0.15) is 0 Å². The van der Waals surface area contributed by atoms with Crippen LogP contribution in [0.4, 0.5) is 9.93 Å². The van der Waals surface area contributed by atoms with E-state index in [9.17, 15) is 9.59 Å². The summed E-state index contributed by atoms with van der Waals surface area (Å²) in [4.78, 5) is 22.9. The number of thioether (sulfide) groups is 1. The molecule has 1 heterocycles. The van der Waals surface area contributed by atoms with Crippen molar-refractivity contribution in [1.82, 2.24) is 20.8 Å². The highest BCUT2D eigenvalue weighted by Gasteiger charge is 2.11. The van der Waals surface area contributed by atoms with Gasteiger partial charge in [-0.25, -0.2) is 4.79 Å². The van der Waals surface area contributed by atoms with Crippen molar-refractivity contribution in [3.05, 3.63) is 0 Å². The molecule has 0 aliphatic heterocycles. The summed E-state index contributed by atoms with van der Waals surface area (Å²) in [5.41, 5.74) is 0. The molecule has 0 radical (unpaired) electrons. The number of carbonyl (C=O) groups is 2. The fourth-order valence-electron chi connectivity index (χ4n) is 1.19. The molecule has 1 aromatic heterocycles. The maximum atomic E-state index is 11.6. The lowest BCUT2D eigenvalue weighted by Crippen LogP contribution is -2.43. The van der Waals surface area contributed by atoms with Crippen molar-refractivity contribution in [2.24, 2.45) is 0 Å². The van der Waals surface area contributed by atoms with Gasteiger partial charge >= 0.3 is 6.03 Å². The zero-order valence-corrected chi connectivity index (χ0v) is 13.8. The Bertz CT molecular complexity index is 466. The Morgan fingerprint density at radius 2 is 2.14 bits per heavy atom. The van der Waals surface area contributed by atoms with Crippen LogP contribution in [0.2, 0.25) is 0 Å². The lowest BCUT2D eigenvalue weighted by Gasteiger charge is -2.08. The number of aromatic nitrogens is 2. The number of imide groups is 1. The summed E-state index contributed by atoms with van der Waals surface area (Å²) in [5, 5.41) is 16.4. The Kier molecular flexibility index (Phi) is 8.01. The number of ether oxygens (including phenoxy) is 1. The van der Waals surface area contributed by atoms with Gasteiger partial charge in [-0.1, -0.05) is 23.1 Å². The maximum absolute atomic E-state index is 11.6. The smallest absolute Gasteiger partial charge is 0.321 e. The van der Waals surface area contributed by atoms with Crippen LogP contribution in [-0.2, 0) is 9.53 Å². The average molecular weight is 333 g/mol. The van der Waals surface area contributed by atoms with Crippen molar-refractivity contribution in [3.63, 3.8) is 0 Å². The first kappa shape index (κ1) is 17.7. The number of hydrogen-bond acceptors (Lipinski definition) is 8. The summed E-state index contributed by atoms with van der Waals surface area (Å²) in [7, 11) is 1.62. The van der Waals surface area contributed by atoms with Crippen LogP contribution in [0.15, 0.2) is 4.34 Å². The minimum Gasteiger partial charge on any atom is -0.383 e. The van der Waals surface area contributed by atoms with Crippen LogP contribution in [0, 0.1) is 0 Å². The van der Waals surface area contributed by atoms with Gasteiger partial charge in [-0.05, 0) is 13.8 Å². The van der Waals surface area contributed by atoms with Gasteiger partial charge in [0, 0.05) is 19.7 Å². The van der Waals surface area contributed by atoms with Gasteiger partial charge in [0.2, 0.25) is 11.0 Å². The molecule has 3 amide bonds.